The highest BCUT2D eigenvalue weighted by molar-refractivity contribution is 5.94. The van der Waals surface area contributed by atoms with Gasteiger partial charge in [-0.2, -0.15) is 0 Å². The Kier molecular flexibility index (Phi) is 5.63. The number of hydrogen-bond acceptors (Lipinski definition) is 4. The van der Waals surface area contributed by atoms with Gasteiger partial charge < -0.3 is 19.1 Å². The Balaban J connectivity index is 2.15. The smallest absolute Gasteiger partial charge is 0.254 e. The highest BCUT2D eigenvalue weighted by atomic mass is 19.1. The maximum absolute atomic E-state index is 13.8. The molecule has 0 fully saturated rings. The molecule has 0 spiro atoms. The number of hydrogen-bond donors (Lipinski definition) is 0. The monoisotopic (exact) mass is 333 g/mol. The van der Waals surface area contributed by atoms with Crippen molar-refractivity contribution in [2.24, 2.45) is 0 Å². The van der Waals surface area contributed by atoms with Gasteiger partial charge in [-0.1, -0.05) is 6.07 Å². The molecule has 1 amide bonds. The molecule has 0 aromatic heterocycles. The molecular formula is C18H20FNO4. The fourth-order valence-electron chi connectivity index (χ4n) is 2.34. The summed E-state index contributed by atoms with van der Waals surface area (Å²) in [5, 5.41) is 0. The highest BCUT2D eigenvalue weighted by Crippen LogP contribution is 2.28. The first-order valence-electron chi connectivity index (χ1n) is 7.30. The minimum Gasteiger partial charge on any atom is -0.494 e. The summed E-state index contributed by atoms with van der Waals surface area (Å²) in [5.74, 6) is 0.460. The van der Waals surface area contributed by atoms with Gasteiger partial charge in [0.05, 0.1) is 21.3 Å². The molecule has 0 N–H and O–H groups in total. The first-order valence-corrected chi connectivity index (χ1v) is 7.30. The quantitative estimate of drug-likeness (QED) is 0.815. The number of rotatable bonds is 6. The van der Waals surface area contributed by atoms with E-state index in [0.717, 1.165) is 5.56 Å². The zero-order valence-corrected chi connectivity index (χ0v) is 14.1. The molecule has 2 rings (SSSR count). The van der Waals surface area contributed by atoms with Crippen LogP contribution in [0.5, 0.6) is 17.2 Å². The van der Waals surface area contributed by atoms with E-state index in [9.17, 15) is 9.18 Å². The summed E-state index contributed by atoms with van der Waals surface area (Å²) >= 11 is 0. The summed E-state index contributed by atoms with van der Waals surface area (Å²) in [7, 11) is 6.15. The van der Waals surface area contributed by atoms with E-state index in [-0.39, 0.29) is 17.2 Å². The molecule has 0 heterocycles. The van der Waals surface area contributed by atoms with Gasteiger partial charge in [-0.15, -0.1) is 0 Å². The van der Waals surface area contributed by atoms with Crippen molar-refractivity contribution >= 4 is 5.91 Å². The summed E-state index contributed by atoms with van der Waals surface area (Å²) in [4.78, 5) is 13.9. The minimum absolute atomic E-state index is 0.106. The molecule has 0 aliphatic rings. The second kappa shape index (κ2) is 7.68. The summed E-state index contributed by atoms with van der Waals surface area (Å²) in [6, 6.07) is 9.57. The number of amides is 1. The molecule has 0 bridgehead atoms. The topological polar surface area (TPSA) is 48.0 Å². The molecule has 0 unspecified atom stereocenters. The number of nitrogens with zero attached hydrogens (tertiary/aromatic N) is 1. The molecule has 24 heavy (non-hydrogen) atoms. The van der Waals surface area contributed by atoms with Crippen LogP contribution in [-0.4, -0.2) is 39.2 Å². The summed E-state index contributed by atoms with van der Waals surface area (Å²) in [6.45, 7) is 0.354. The maximum Gasteiger partial charge on any atom is 0.254 e. The van der Waals surface area contributed by atoms with Gasteiger partial charge in [-0.3, -0.25) is 4.79 Å². The van der Waals surface area contributed by atoms with Crippen molar-refractivity contribution in [3.05, 3.63) is 53.3 Å². The average molecular weight is 333 g/mol. The van der Waals surface area contributed by atoms with Crippen molar-refractivity contribution in [1.29, 1.82) is 0 Å². The van der Waals surface area contributed by atoms with Crippen LogP contribution in [0.15, 0.2) is 36.4 Å². The fourth-order valence-corrected chi connectivity index (χ4v) is 2.34. The molecule has 5 nitrogen and oxygen atoms in total. The van der Waals surface area contributed by atoms with Gasteiger partial charge >= 0.3 is 0 Å². The molecule has 6 heteroatoms. The highest BCUT2D eigenvalue weighted by Gasteiger charge is 2.15. The summed E-state index contributed by atoms with van der Waals surface area (Å²) in [5.41, 5.74) is 1.13. The van der Waals surface area contributed by atoms with Crippen LogP contribution in [0.3, 0.4) is 0 Å². The van der Waals surface area contributed by atoms with Gasteiger partial charge in [0, 0.05) is 19.2 Å². The zero-order valence-electron chi connectivity index (χ0n) is 14.1. The van der Waals surface area contributed by atoms with Gasteiger partial charge in [-0.05, 0) is 35.9 Å². The van der Waals surface area contributed by atoms with Gasteiger partial charge in [0.25, 0.3) is 5.91 Å². The third-order valence-corrected chi connectivity index (χ3v) is 3.61. The number of ether oxygens (including phenoxy) is 3. The van der Waals surface area contributed by atoms with Gasteiger partial charge in [0.1, 0.15) is 0 Å². The molecule has 2 aromatic carbocycles. The molecule has 2 aromatic rings. The van der Waals surface area contributed by atoms with E-state index in [2.05, 4.69) is 0 Å². The average Bonchev–Trinajstić information content (AvgIpc) is 2.60. The van der Waals surface area contributed by atoms with Crippen molar-refractivity contribution < 1.29 is 23.4 Å². The van der Waals surface area contributed by atoms with Gasteiger partial charge in [-0.25, -0.2) is 4.39 Å². The normalized spacial score (nSPS) is 10.2. The largest absolute Gasteiger partial charge is 0.494 e. The molecule has 0 atom stereocenters. The van der Waals surface area contributed by atoms with E-state index in [4.69, 9.17) is 14.2 Å². The van der Waals surface area contributed by atoms with E-state index in [0.29, 0.717) is 18.0 Å². The lowest BCUT2D eigenvalue weighted by molar-refractivity contribution is 0.0784. The van der Waals surface area contributed by atoms with Crippen LogP contribution in [-0.2, 0) is 6.54 Å². The predicted octanol–water partition coefficient (Wildman–Crippen LogP) is 3.12. The Morgan fingerprint density at radius 2 is 1.58 bits per heavy atom. The lowest BCUT2D eigenvalue weighted by Crippen LogP contribution is -2.26. The number of halogens is 1. The van der Waals surface area contributed by atoms with Gasteiger partial charge in [0.15, 0.2) is 23.1 Å². The van der Waals surface area contributed by atoms with Crippen LogP contribution in [0.1, 0.15) is 15.9 Å². The maximum atomic E-state index is 13.8. The lowest BCUT2D eigenvalue weighted by atomic mass is 10.1. The van der Waals surface area contributed by atoms with Crippen molar-refractivity contribution in [2.75, 3.05) is 28.4 Å². The number of benzene rings is 2. The molecule has 0 aliphatic carbocycles. The number of methoxy groups -OCH3 is 3. The van der Waals surface area contributed by atoms with Crippen LogP contribution in [0.25, 0.3) is 0 Å². The lowest BCUT2D eigenvalue weighted by Gasteiger charge is -2.18. The molecule has 0 saturated carbocycles. The van der Waals surface area contributed by atoms with Gasteiger partial charge in [0.2, 0.25) is 0 Å². The third-order valence-electron chi connectivity index (χ3n) is 3.61. The van der Waals surface area contributed by atoms with Crippen LogP contribution >= 0.6 is 0 Å². The Hall–Kier alpha value is -2.76. The van der Waals surface area contributed by atoms with E-state index in [1.165, 1.54) is 30.2 Å². The molecule has 0 saturated heterocycles. The van der Waals surface area contributed by atoms with E-state index < -0.39 is 5.82 Å². The van der Waals surface area contributed by atoms with Crippen molar-refractivity contribution in [2.45, 2.75) is 6.54 Å². The van der Waals surface area contributed by atoms with Crippen LogP contribution in [0.4, 0.5) is 4.39 Å². The Bertz CT molecular complexity index is 733. The Labute approximate surface area is 140 Å². The number of carbonyl (C=O) groups excluding carboxylic acids is 1. The Morgan fingerprint density at radius 3 is 2.17 bits per heavy atom. The fraction of sp³-hybridized carbons (Fsp3) is 0.278. The van der Waals surface area contributed by atoms with Crippen LogP contribution < -0.4 is 14.2 Å². The molecule has 128 valence electrons. The van der Waals surface area contributed by atoms with E-state index >= 15 is 0 Å². The van der Waals surface area contributed by atoms with Crippen molar-refractivity contribution in [3.8, 4) is 17.2 Å². The van der Waals surface area contributed by atoms with Crippen molar-refractivity contribution in [1.82, 2.24) is 4.90 Å². The second-order valence-electron chi connectivity index (χ2n) is 5.20. The zero-order chi connectivity index (χ0) is 17.7. The SMILES string of the molecule is COc1ccc(C(=O)N(C)Cc2ccc(OC)c(OC)c2)cc1F. The first kappa shape index (κ1) is 17.6. The molecule has 0 aliphatic heterocycles. The first-order chi connectivity index (χ1) is 11.5. The number of carbonyl (C=O) groups is 1. The standard InChI is InChI=1S/C18H20FNO4/c1-20(11-12-5-7-16(23-3)17(9-12)24-4)18(21)13-6-8-15(22-2)14(19)10-13/h5-10H,11H2,1-4H3. The van der Waals surface area contributed by atoms with Crippen molar-refractivity contribution in [3.63, 3.8) is 0 Å². The predicted molar refractivity (Wildman–Crippen MR) is 88.3 cm³/mol. The molecule has 0 radical (unpaired) electrons. The second-order valence-corrected chi connectivity index (χ2v) is 5.20. The van der Waals surface area contributed by atoms with E-state index in [1.54, 1.807) is 33.4 Å². The Morgan fingerprint density at radius 1 is 0.958 bits per heavy atom. The third kappa shape index (κ3) is 3.76. The summed E-state index contributed by atoms with van der Waals surface area (Å²) in [6.07, 6.45) is 0. The van der Waals surface area contributed by atoms with Crippen LogP contribution in [0, 0.1) is 5.82 Å². The molecular weight excluding hydrogens is 313 g/mol. The summed E-state index contributed by atoms with van der Waals surface area (Å²) < 4.78 is 29.1. The van der Waals surface area contributed by atoms with Crippen LogP contribution in [0.2, 0.25) is 0 Å². The minimum atomic E-state index is -0.567. The van der Waals surface area contributed by atoms with E-state index in [1.807, 2.05) is 6.07 Å².